The Hall–Kier alpha value is -5.29. The van der Waals surface area contributed by atoms with Gasteiger partial charge in [0.1, 0.15) is 6.61 Å². The van der Waals surface area contributed by atoms with Crippen molar-refractivity contribution in [1.82, 2.24) is 4.98 Å². The van der Waals surface area contributed by atoms with Crippen LogP contribution in [-0.4, -0.2) is 42.2 Å². The van der Waals surface area contributed by atoms with Gasteiger partial charge in [0.25, 0.3) is 0 Å². The molecule has 0 unspecified atom stereocenters. The predicted molar refractivity (Wildman–Crippen MR) is 167 cm³/mol. The monoisotopic (exact) mass is 628 g/mol. The highest BCUT2D eigenvalue weighted by molar-refractivity contribution is 7.14. The zero-order valence-electron chi connectivity index (χ0n) is 24.7. The van der Waals surface area contributed by atoms with Crippen LogP contribution in [0.3, 0.4) is 0 Å². The SMILES string of the molecule is CCOC(=O)C(/C=C/C(=O)OC(c1ccccc1)c1ccccc1)(C(=O)OCC)c1csc(NC(=O)OCc2ccccc2)n1. The second kappa shape index (κ2) is 16.0. The van der Waals surface area contributed by atoms with E-state index in [-0.39, 0.29) is 30.6 Å². The largest absolute Gasteiger partial charge is 0.465 e. The number of benzene rings is 3. The van der Waals surface area contributed by atoms with Crippen molar-refractivity contribution in [2.24, 2.45) is 0 Å². The van der Waals surface area contributed by atoms with Crippen molar-refractivity contribution in [2.45, 2.75) is 32.0 Å². The number of rotatable bonds is 13. The van der Waals surface area contributed by atoms with Crippen LogP contribution in [0.25, 0.3) is 0 Å². The Kier molecular flexibility index (Phi) is 11.6. The van der Waals surface area contributed by atoms with Crippen LogP contribution in [0.2, 0.25) is 0 Å². The molecular weight excluding hydrogens is 596 g/mol. The number of carbonyl (C=O) groups is 4. The van der Waals surface area contributed by atoms with E-state index in [9.17, 15) is 19.2 Å². The normalized spacial score (nSPS) is 11.2. The lowest BCUT2D eigenvalue weighted by Gasteiger charge is -2.24. The first-order chi connectivity index (χ1) is 21.9. The molecule has 0 spiro atoms. The van der Waals surface area contributed by atoms with Crippen LogP contribution >= 0.6 is 11.3 Å². The van der Waals surface area contributed by atoms with Crippen LogP contribution in [0.4, 0.5) is 9.93 Å². The highest BCUT2D eigenvalue weighted by Gasteiger charge is 2.51. The number of esters is 3. The summed E-state index contributed by atoms with van der Waals surface area (Å²) in [4.78, 5) is 57.0. The summed E-state index contributed by atoms with van der Waals surface area (Å²) in [6.07, 6.45) is 0.490. The number of amides is 1. The maximum Gasteiger partial charge on any atom is 0.413 e. The highest BCUT2D eigenvalue weighted by Crippen LogP contribution is 2.33. The summed E-state index contributed by atoms with van der Waals surface area (Å²) in [6.45, 7) is 3.05. The second-order valence-electron chi connectivity index (χ2n) is 9.45. The smallest absolute Gasteiger partial charge is 0.413 e. The number of anilines is 1. The molecule has 0 saturated heterocycles. The van der Waals surface area contributed by atoms with Gasteiger partial charge >= 0.3 is 24.0 Å². The van der Waals surface area contributed by atoms with Gasteiger partial charge in [-0.2, -0.15) is 0 Å². The van der Waals surface area contributed by atoms with Crippen LogP contribution in [-0.2, 0) is 45.4 Å². The first-order valence-corrected chi connectivity index (χ1v) is 15.0. The van der Waals surface area contributed by atoms with Gasteiger partial charge in [-0.3, -0.25) is 14.9 Å². The molecule has 45 heavy (non-hydrogen) atoms. The third kappa shape index (κ3) is 8.42. The molecule has 4 aromatic rings. The van der Waals surface area contributed by atoms with Crippen molar-refractivity contribution in [3.63, 3.8) is 0 Å². The van der Waals surface area contributed by atoms with Gasteiger partial charge in [-0.1, -0.05) is 91.0 Å². The van der Waals surface area contributed by atoms with Crippen LogP contribution < -0.4 is 5.32 Å². The molecule has 0 fully saturated rings. The molecule has 0 saturated carbocycles. The molecule has 3 aromatic carbocycles. The van der Waals surface area contributed by atoms with E-state index in [2.05, 4.69) is 10.3 Å². The molecule has 0 bridgehead atoms. The van der Waals surface area contributed by atoms with E-state index >= 15 is 0 Å². The molecule has 0 atom stereocenters. The number of hydrogen-bond acceptors (Lipinski definition) is 10. The van der Waals surface area contributed by atoms with E-state index in [1.54, 1.807) is 26.0 Å². The van der Waals surface area contributed by atoms with Crippen LogP contribution in [0, 0.1) is 0 Å². The molecule has 10 nitrogen and oxygen atoms in total. The van der Waals surface area contributed by atoms with Gasteiger partial charge < -0.3 is 18.9 Å². The fourth-order valence-corrected chi connectivity index (χ4v) is 5.05. The average molecular weight is 629 g/mol. The lowest BCUT2D eigenvalue weighted by atomic mass is 9.84. The number of carbonyl (C=O) groups excluding carboxylic acids is 4. The van der Waals surface area contributed by atoms with E-state index < -0.39 is 35.5 Å². The number of thiazole rings is 1. The van der Waals surface area contributed by atoms with E-state index in [1.165, 1.54) is 5.38 Å². The third-order valence-corrected chi connectivity index (χ3v) is 7.19. The maximum atomic E-state index is 13.5. The lowest BCUT2D eigenvalue weighted by Crippen LogP contribution is -2.45. The Labute approximate surface area is 264 Å². The Bertz CT molecular complexity index is 1550. The third-order valence-electron chi connectivity index (χ3n) is 6.43. The Morgan fingerprint density at radius 2 is 1.33 bits per heavy atom. The van der Waals surface area contributed by atoms with Gasteiger partial charge in [-0.05, 0) is 36.6 Å². The van der Waals surface area contributed by atoms with Crippen LogP contribution in [0.15, 0.2) is 109 Å². The number of nitrogens with one attached hydrogen (secondary N) is 1. The molecule has 1 N–H and O–H groups in total. The second-order valence-corrected chi connectivity index (χ2v) is 10.3. The summed E-state index contributed by atoms with van der Waals surface area (Å²) in [6, 6.07) is 27.4. The Morgan fingerprint density at radius 1 is 0.800 bits per heavy atom. The van der Waals surface area contributed by atoms with E-state index in [0.717, 1.165) is 40.2 Å². The molecule has 1 heterocycles. The molecule has 1 aromatic heterocycles. The summed E-state index contributed by atoms with van der Waals surface area (Å²) < 4.78 is 21.6. The van der Waals surface area contributed by atoms with Crippen molar-refractivity contribution >= 4 is 40.5 Å². The maximum absolute atomic E-state index is 13.5. The van der Waals surface area contributed by atoms with E-state index in [4.69, 9.17) is 18.9 Å². The minimum atomic E-state index is -2.27. The van der Waals surface area contributed by atoms with Crippen molar-refractivity contribution in [1.29, 1.82) is 0 Å². The average Bonchev–Trinajstić information content (AvgIpc) is 3.53. The molecule has 0 aliphatic heterocycles. The quantitative estimate of drug-likeness (QED) is 0.0802. The van der Waals surface area contributed by atoms with Crippen molar-refractivity contribution in [3.05, 3.63) is 131 Å². The van der Waals surface area contributed by atoms with Crippen molar-refractivity contribution < 1.29 is 38.1 Å². The number of nitrogens with zero attached hydrogens (tertiary/aromatic N) is 1. The summed E-state index contributed by atoms with van der Waals surface area (Å²) >= 11 is 0.948. The molecule has 0 aliphatic rings. The summed E-state index contributed by atoms with van der Waals surface area (Å²) in [5.41, 5.74) is -0.155. The van der Waals surface area contributed by atoms with Gasteiger partial charge in [-0.15, -0.1) is 11.3 Å². The van der Waals surface area contributed by atoms with Gasteiger partial charge in [-0.25, -0.2) is 14.6 Å². The number of hydrogen-bond donors (Lipinski definition) is 1. The number of ether oxygens (including phenoxy) is 4. The summed E-state index contributed by atoms with van der Waals surface area (Å²) in [5, 5.41) is 3.94. The van der Waals surface area contributed by atoms with Gasteiger partial charge in [0.2, 0.25) is 5.41 Å². The van der Waals surface area contributed by atoms with Crippen molar-refractivity contribution in [2.75, 3.05) is 18.5 Å². The topological polar surface area (TPSA) is 130 Å². The predicted octanol–water partition coefficient (Wildman–Crippen LogP) is 6.14. The zero-order valence-corrected chi connectivity index (χ0v) is 25.5. The van der Waals surface area contributed by atoms with Crippen LogP contribution in [0.1, 0.15) is 42.3 Å². The van der Waals surface area contributed by atoms with E-state index in [0.29, 0.717) is 0 Å². The minimum Gasteiger partial charge on any atom is -0.465 e. The summed E-state index contributed by atoms with van der Waals surface area (Å²) in [5.74, 6) is -2.86. The lowest BCUT2D eigenvalue weighted by molar-refractivity contribution is -0.162. The molecular formula is C34H32N2O8S. The minimum absolute atomic E-state index is 0.0261. The molecule has 0 aliphatic carbocycles. The first-order valence-electron chi connectivity index (χ1n) is 14.1. The van der Waals surface area contributed by atoms with Gasteiger partial charge in [0.05, 0.1) is 18.9 Å². The number of aromatic nitrogens is 1. The Morgan fingerprint density at radius 3 is 1.87 bits per heavy atom. The standard InChI is InChI=1S/C34H32N2O8S/c1-3-41-30(38)34(31(39)42-4-2,27-23-45-32(35-27)36-33(40)43-22-24-14-8-5-9-15-24)21-20-28(37)44-29(25-16-10-6-11-17-25)26-18-12-7-13-19-26/h5-21,23,29H,3-4,22H2,1-2H3,(H,35,36,40)/b21-20+. The van der Waals surface area contributed by atoms with Gasteiger partial charge in [0, 0.05) is 11.5 Å². The zero-order chi connectivity index (χ0) is 32.1. The molecule has 232 valence electrons. The summed E-state index contributed by atoms with van der Waals surface area (Å²) in [7, 11) is 0. The van der Waals surface area contributed by atoms with E-state index in [1.807, 2.05) is 78.9 Å². The molecule has 0 radical (unpaired) electrons. The molecule has 4 rings (SSSR count). The molecule has 1 amide bonds. The molecule has 11 heteroatoms. The van der Waals surface area contributed by atoms with Crippen LogP contribution in [0.5, 0.6) is 0 Å². The van der Waals surface area contributed by atoms with Gasteiger partial charge in [0.15, 0.2) is 11.2 Å². The highest BCUT2D eigenvalue weighted by atomic mass is 32.1. The fraction of sp³-hybridized carbons (Fsp3) is 0.206. The Balaban J connectivity index is 1.62. The fourth-order valence-electron chi connectivity index (χ4n) is 4.30. The first kappa shape index (κ1) is 32.6. The van der Waals surface area contributed by atoms with Crippen molar-refractivity contribution in [3.8, 4) is 0 Å².